The van der Waals surface area contributed by atoms with Crippen molar-refractivity contribution in [2.24, 2.45) is 0 Å². The maximum absolute atomic E-state index is 12.5. The summed E-state index contributed by atoms with van der Waals surface area (Å²) in [7, 11) is 3.44. The van der Waals surface area contributed by atoms with Crippen LogP contribution in [0, 0.1) is 5.41 Å². The second kappa shape index (κ2) is 6.48. The molecule has 2 N–H and O–H groups in total. The third-order valence-electron chi connectivity index (χ3n) is 4.00. The van der Waals surface area contributed by atoms with Gasteiger partial charge in [0.1, 0.15) is 22.8 Å². The predicted molar refractivity (Wildman–Crippen MR) is 89.2 cm³/mol. The van der Waals surface area contributed by atoms with Crippen LogP contribution in [0.1, 0.15) is 47.4 Å². The molecule has 0 aliphatic heterocycles. The highest BCUT2D eigenvalue weighted by Gasteiger charge is 2.36. The molecule has 0 amide bonds. The fraction of sp³-hybridized carbons (Fsp3) is 0.176. The summed E-state index contributed by atoms with van der Waals surface area (Å²) in [4.78, 5) is 55.2. The van der Waals surface area contributed by atoms with Gasteiger partial charge < -0.3 is 19.2 Å². The molecule has 0 aromatic carbocycles. The SMILES string of the molecule is COC(=O)c1cc(C(=O)OC)c2c(n1)C(=N)C(=O)c1cc(C(=O)OC)[nH]c1-2. The molecule has 0 saturated carbocycles. The lowest BCUT2D eigenvalue weighted by molar-refractivity contribution is 0.0583. The van der Waals surface area contributed by atoms with Gasteiger partial charge in [0.2, 0.25) is 5.78 Å². The molecule has 0 fully saturated rings. The molecule has 0 unspecified atom stereocenters. The minimum atomic E-state index is -0.851. The molecule has 3 rings (SSSR count). The van der Waals surface area contributed by atoms with Crippen molar-refractivity contribution < 1.29 is 33.4 Å². The number of fused-ring (bicyclic) bond motifs is 3. The van der Waals surface area contributed by atoms with E-state index in [9.17, 15) is 19.2 Å². The number of rotatable bonds is 3. The number of nitrogens with one attached hydrogen (secondary N) is 2. The van der Waals surface area contributed by atoms with Gasteiger partial charge in [-0.1, -0.05) is 0 Å². The van der Waals surface area contributed by atoms with E-state index in [4.69, 9.17) is 10.1 Å². The number of H-pyrrole nitrogens is 1. The molecule has 0 bridgehead atoms. The van der Waals surface area contributed by atoms with Gasteiger partial charge in [-0.15, -0.1) is 0 Å². The smallest absolute Gasteiger partial charge is 0.356 e. The van der Waals surface area contributed by atoms with E-state index in [0.29, 0.717) is 0 Å². The molecule has 1 aliphatic carbocycles. The van der Waals surface area contributed by atoms with Crippen LogP contribution in [-0.2, 0) is 14.2 Å². The Morgan fingerprint density at radius 2 is 1.63 bits per heavy atom. The molecular weight excluding hydrogens is 358 g/mol. The maximum atomic E-state index is 12.5. The monoisotopic (exact) mass is 371 g/mol. The van der Waals surface area contributed by atoms with Crippen LogP contribution in [0.4, 0.5) is 0 Å². The average Bonchev–Trinajstić information content (AvgIpc) is 3.14. The number of carbonyl (C=O) groups is 4. The highest BCUT2D eigenvalue weighted by atomic mass is 16.5. The highest BCUT2D eigenvalue weighted by Crippen LogP contribution is 2.36. The molecule has 2 aromatic rings. The van der Waals surface area contributed by atoms with Crippen LogP contribution < -0.4 is 0 Å². The number of esters is 3. The van der Waals surface area contributed by atoms with Gasteiger partial charge in [0, 0.05) is 5.56 Å². The molecule has 27 heavy (non-hydrogen) atoms. The molecule has 138 valence electrons. The molecule has 2 aromatic heterocycles. The average molecular weight is 371 g/mol. The van der Waals surface area contributed by atoms with Crippen LogP contribution in [0.3, 0.4) is 0 Å². The van der Waals surface area contributed by atoms with E-state index in [-0.39, 0.29) is 39.5 Å². The minimum absolute atomic E-state index is 0.00525. The van der Waals surface area contributed by atoms with E-state index in [0.717, 1.165) is 20.3 Å². The number of aromatic nitrogens is 2. The number of hydrogen-bond acceptors (Lipinski definition) is 9. The summed E-state index contributed by atoms with van der Waals surface area (Å²) < 4.78 is 14.0. The van der Waals surface area contributed by atoms with Crippen molar-refractivity contribution in [3.05, 3.63) is 40.3 Å². The second-order valence-corrected chi connectivity index (χ2v) is 5.43. The van der Waals surface area contributed by atoms with Crippen molar-refractivity contribution in [3.63, 3.8) is 0 Å². The zero-order chi connectivity index (χ0) is 19.9. The van der Waals surface area contributed by atoms with Crippen molar-refractivity contribution in [2.75, 3.05) is 21.3 Å². The van der Waals surface area contributed by atoms with Crippen LogP contribution >= 0.6 is 0 Å². The standard InChI is InChI=1S/C17H13N3O7/c1-25-15(22)6-4-8(16(23)26-2)20-13-10(6)12-7(14(21)11(13)18)5-9(19-12)17(24)27-3/h4-5,18-19H,1-3H3. The van der Waals surface area contributed by atoms with Gasteiger partial charge in [0.25, 0.3) is 0 Å². The summed E-state index contributed by atoms with van der Waals surface area (Å²) in [6, 6.07) is 2.37. The first-order valence-corrected chi connectivity index (χ1v) is 7.51. The minimum Gasteiger partial charge on any atom is -0.465 e. The van der Waals surface area contributed by atoms with Crippen molar-refractivity contribution in [3.8, 4) is 11.3 Å². The van der Waals surface area contributed by atoms with Crippen LogP contribution in [-0.4, -0.2) is 60.7 Å². The van der Waals surface area contributed by atoms with E-state index in [1.54, 1.807) is 0 Å². The van der Waals surface area contributed by atoms with Crippen molar-refractivity contribution in [1.82, 2.24) is 9.97 Å². The Kier molecular flexibility index (Phi) is 4.32. The summed E-state index contributed by atoms with van der Waals surface area (Å²) in [5.74, 6) is -3.13. The number of aromatic amines is 1. The van der Waals surface area contributed by atoms with Crippen LogP contribution in [0.15, 0.2) is 12.1 Å². The van der Waals surface area contributed by atoms with E-state index in [1.807, 2.05) is 0 Å². The first-order valence-electron chi connectivity index (χ1n) is 7.51. The number of carbonyl (C=O) groups excluding carboxylic acids is 4. The Bertz CT molecular complexity index is 1040. The number of Topliss-reactive ketones (excluding diaryl/α,β-unsaturated/α-hetero) is 1. The number of ketones is 1. The van der Waals surface area contributed by atoms with Gasteiger partial charge in [-0.25, -0.2) is 19.4 Å². The van der Waals surface area contributed by atoms with E-state index in [1.165, 1.54) is 13.2 Å². The number of methoxy groups -OCH3 is 3. The van der Waals surface area contributed by atoms with Gasteiger partial charge in [-0.05, 0) is 12.1 Å². The molecule has 10 nitrogen and oxygen atoms in total. The Hall–Kier alpha value is -3.82. The third kappa shape index (κ3) is 2.67. The van der Waals surface area contributed by atoms with Crippen LogP contribution in [0.5, 0.6) is 0 Å². The zero-order valence-electron chi connectivity index (χ0n) is 14.5. The van der Waals surface area contributed by atoms with E-state index in [2.05, 4.69) is 19.4 Å². The first kappa shape index (κ1) is 18.0. The summed E-state index contributed by atoms with van der Waals surface area (Å²) >= 11 is 0. The summed E-state index contributed by atoms with van der Waals surface area (Å²) in [6.45, 7) is 0. The molecular formula is C17H13N3O7. The van der Waals surface area contributed by atoms with Crippen molar-refractivity contribution >= 4 is 29.4 Å². The fourth-order valence-corrected chi connectivity index (χ4v) is 2.75. The molecule has 2 heterocycles. The predicted octanol–water partition coefficient (Wildman–Crippen LogP) is 1.00. The largest absolute Gasteiger partial charge is 0.465 e. The topological polar surface area (TPSA) is 148 Å². The van der Waals surface area contributed by atoms with Gasteiger partial charge in [0.05, 0.1) is 38.2 Å². The number of nitrogens with zero attached hydrogens (tertiary/aromatic N) is 1. The lowest BCUT2D eigenvalue weighted by Crippen LogP contribution is -2.25. The van der Waals surface area contributed by atoms with E-state index < -0.39 is 29.4 Å². The molecule has 0 saturated heterocycles. The summed E-state index contributed by atoms with van der Waals surface area (Å²) in [6.07, 6.45) is 0. The normalized spacial score (nSPS) is 12.1. The van der Waals surface area contributed by atoms with Gasteiger partial charge in [-0.3, -0.25) is 10.2 Å². The molecule has 0 atom stereocenters. The Balaban J connectivity index is 2.37. The summed E-state index contributed by atoms with van der Waals surface area (Å²) in [5.41, 5.74) is -0.968. The Labute approximate surface area is 152 Å². The quantitative estimate of drug-likeness (QED) is 0.599. The number of ether oxygens (including phenoxy) is 3. The van der Waals surface area contributed by atoms with Crippen molar-refractivity contribution in [2.45, 2.75) is 0 Å². The lowest BCUT2D eigenvalue weighted by Gasteiger charge is -2.19. The summed E-state index contributed by atoms with van der Waals surface area (Å²) in [5, 5.41) is 8.11. The second-order valence-electron chi connectivity index (χ2n) is 5.43. The number of hydrogen-bond donors (Lipinski definition) is 2. The Morgan fingerprint density at radius 1 is 1.00 bits per heavy atom. The fourth-order valence-electron chi connectivity index (χ4n) is 2.75. The van der Waals surface area contributed by atoms with Crippen molar-refractivity contribution in [1.29, 1.82) is 5.41 Å². The van der Waals surface area contributed by atoms with Gasteiger partial charge in [0.15, 0.2) is 0 Å². The van der Waals surface area contributed by atoms with Crippen LogP contribution in [0.2, 0.25) is 0 Å². The molecule has 0 radical (unpaired) electrons. The zero-order valence-corrected chi connectivity index (χ0v) is 14.5. The van der Waals surface area contributed by atoms with Crippen LogP contribution in [0.25, 0.3) is 11.3 Å². The molecule has 0 spiro atoms. The third-order valence-corrected chi connectivity index (χ3v) is 4.00. The highest BCUT2D eigenvalue weighted by molar-refractivity contribution is 6.53. The van der Waals surface area contributed by atoms with Gasteiger partial charge in [-0.2, -0.15) is 0 Å². The molecule has 10 heteroatoms. The maximum Gasteiger partial charge on any atom is 0.356 e. The van der Waals surface area contributed by atoms with E-state index >= 15 is 0 Å². The first-order chi connectivity index (χ1) is 12.8. The van der Waals surface area contributed by atoms with Gasteiger partial charge >= 0.3 is 17.9 Å². The molecule has 1 aliphatic rings. The number of pyridine rings is 1. The Morgan fingerprint density at radius 3 is 2.22 bits per heavy atom. The lowest BCUT2D eigenvalue weighted by atomic mass is 9.88.